The second-order valence-electron chi connectivity index (χ2n) is 3.34. The molecule has 0 heterocycles. The summed E-state index contributed by atoms with van der Waals surface area (Å²) in [5, 5.41) is 10.3. The van der Waals surface area contributed by atoms with Crippen LogP contribution in [0, 0.1) is 6.92 Å². The van der Waals surface area contributed by atoms with Gasteiger partial charge in [-0.3, -0.25) is 0 Å². The Morgan fingerprint density at radius 1 is 1.50 bits per heavy atom. The zero-order valence-corrected chi connectivity index (χ0v) is 7.73. The molecule has 1 nitrogen and oxygen atoms in total. The Balaban J connectivity index is 2.60. The van der Waals surface area contributed by atoms with Crippen LogP contribution in [0.5, 0.6) is 0 Å². The van der Waals surface area contributed by atoms with Crippen LogP contribution in [0.3, 0.4) is 0 Å². The van der Waals surface area contributed by atoms with Gasteiger partial charge >= 0.3 is 0 Å². The fourth-order valence-corrected chi connectivity index (χ4v) is 2.16. The number of hydrogen-bond acceptors (Lipinski definition) is 1. The van der Waals surface area contributed by atoms with E-state index < -0.39 is 0 Å². The maximum Gasteiger partial charge on any atom is 0.0796 e. The van der Waals surface area contributed by atoms with Crippen LogP contribution >= 0.6 is 11.6 Å². The number of benzene rings is 1. The molecule has 1 aromatic carbocycles. The molecule has 0 fully saturated rings. The Morgan fingerprint density at radius 3 is 3.00 bits per heavy atom. The van der Waals surface area contributed by atoms with Crippen molar-refractivity contribution in [2.45, 2.75) is 25.9 Å². The maximum atomic E-state index is 9.57. The van der Waals surface area contributed by atoms with Crippen molar-refractivity contribution < 1.29 is 5.11 Å². The van der Waals surface area contributed by atoms with Crippen molar-refractivity contribution in [3.8, 4) is 0 Å². The van der Waals surface area contributed by atoms with Gasteiger partial charge in [-0.05, 0) is 48.6 Å². The minimum Gasteiger partial charge on any atom is -0.388 e. The fourth-order valence-electron chi connectivity index (χ4n) is 1.87. The summed E-state index contributed by atoms with van der Waals surface area (Å²) >= 11 is 5.88. The van der Waals surface area contributed by atoms with E-state index in [0.29, 0.717) is 0 Å². The molecule has 1 aliphatic rings. The first-order valence-corrected chi connectivity index (χ1v) is 4.53. The van der Waals surface area contributed by atoms with Crippen molar-refractivity contribution in [3.05, 3.63) is 33.8 Å². The van der Waals surface area contributed by atoms with E-state index in [4.69, 9.17) is 11.6 Å². The van der Waals surface area contributed by atoms with Gasteiger partial charge in [-0.2, -0.15) is 0 Å². The zero-order valence-electron chi connectivity index (χ0n) is 6.97. The van der Waals surface area contributed by atoms with E-state index >= 15 is 0 Å². The monoisotopic (exact) mass is 182 g/mol. The Morgan fingerprint density at radius 2 is 2.25 bits per heavy atom. The Bertz CT molecular complexity index is 320. The Hall–Kier alpha value is -0.530. The number of rotatable bonds is 0. The quantitative estimate of drug-likeness (QED) is 0.654. The number of hydrogen-bond donors (Lipinski definition) is 1. The SMILES string of the molecule is Cc1cc(Cl)cc2c1CCC2O. The van der Waals surface area contributed by atoms with Crippen LogP contribution in [-0.2, 0) is 6.42 Å². The standard InChI is InChI=1S/C10H11ClO/c1-6-4-7(11)5-9-8(6)2-3-10(9)12/h4-5,10,12H,2-3H2,1H3. The van der Waals surface area contributed by atoms with Gasteiger partial charge in [0.05, 0.1) is 6.10 Å². The van der Waals surface area contributed by atoms with Crippen molar-refractivity contribution in [1.82, 2.24) is 0 Å². The highest BCUT2D eigenvalue weighted by Crippen LogP contribution is 2.34. The van der Waals surface area contributed by atoms with Crippen molar-refractivity contribution in [3.63, 3.8) is 0 Å². The zero-order chi connectivity index (χ0) is 8.72. The lowest BCUT2D eigenvalue weighted by Crippen LogP contribution is -1.91. The number of aliphatic hydroxyl groups excluding tert-OH is 1. The van der Waals surface area contributed by atoms with Crippen molar-refractivity contribution in [2.75, 3.05) is 0 Å². The third kappa shape index (κ3) is 1.13. The minimum atomic E-state index is -0.294. The van der Waals surface area contributed by atoms with Crippen LogP contribution < -0.4 is 0 Å². The van der Waals surface area contributed by atoms with Gasteiger partial charge in [-0.1, -0.05) is 11.6 Å². The summed E-state index contributed by atoms with van der Waals surface area (Å²) in [6, 6.07) is 3.83. The van der Waals surface area contributed by atoms with E-state index in [9.17, 15) is 5.11 Å². The molecule has 1 aliphatic carbocycles. The summed E-state index contributed by atoms with van der Waals surface area (Å²) in [4.78, 5) is 0. The molecule has 0 aliphatic heterocycles. The third-order valence-electron chi connectivity index (χ3n) is 2.50. The first-order valence-electron chi connectivity index (χ1n) is 4.15. The van der Waals surface area contributed by atoms with Crippen LogP contribution in [0.1, 0.15) is 29.2 Å². The summed E-state index contributed by atoms with van der Waals surface area (Å²) in [5.41, 5.74) is 3.51. The second-order valence-corrected chi connectivity index (χ2v) is 3.78. The first kappa shape index (κ1) is 8.09. The summed E-state index contributed by atoms with van der Waals surface area (Å²) in [6.07, 6.45) is 1.54. The predicted octanol–water partition coefficient (Wildman–Crippen LogP) is 2.63. The molecular weight excluding hydrogens is 172 g/mol. The van der Waals surface area contributed by atoms with Crippen molar-refractivity contribution >= 4 is 11.6 Å². The van der Waals surface area contributed by atoms with Crippen LogP contribution in [0.2, 0.25) is 5.02 Å². The molecule has 0 bridgehead atoms. The lowest BCUT2D eigenvalue weighted by Gasteiger charge is -2.06. The Kier molecular flexibility index (Phi) is 1.85. The van der Waals surface area contributed by atoms with Crippen molar-refractivity contribution in [2.24, 2.45) is 0 Å². The highest BCUT2D eigenvalue weighted by atomic mass is 35.5. The molecule has 0 radical (unpaired) electrons. The van der Waals surface area contributed by atoms with Gasteiger partial charge in [0.2, 0.25) is 0 Å². The van der Waals surface area contributed by atoms with E-state index in [1.807, 2.05) is 19.1 Å². The molecule has 0 spiro atoms. The molecule has 12 heavy (non-hydrogen) atoms. The van der Waals surface area contributed by atoms with E-state index in [1.165, 1.54) is 11.1 Å². The van der Waals surface area contributed by atoms with Gasteiger partial charge in [0.25, 0.3) is 0 Å². The van der Waals surface area contributed by atoms with E-state index in [1.54, 1.807) is 0 Å². The summed E-state index contributed by atoms with van der Waals surface area (Å²) in [6.45, 7) is 2.04. The molecule has 1 aromatic rings. The molecule has 0 amide bonds. The minimum absolute atomic E-state index is 0.294. The highest BCUT2D eigenvalue weighted by molar-refractivity contribution is 6.30. The lowest BCUT2D eigenvalue weighted by atomic mass is 10.0. The predicted molar refractivity (Wildman–Crippen MR) is 49.5 cm³/mol. The topological polar surface area (TPSA) is 20.2 Å². The van der Waals surface area contributed by atoms with Crippen LogP contribution in [0.25, 0.3) is 0 Å². The molecule has 0 saturated heterocycles. The first-order chi connectivity index (χ1) is 5.68. The summed E-state index contributed by atoms with van der Waals surface area (Å²) in [5.74, 6) is 0. The molecule has 2 rings (SSSR count). The van der Waals surface area contributed by atoms with E-state index in [-0.39, 0.29) is 6.10 Å². The number of fused-ring (bicyclic) bond motifs is 1. The largest absolute Gasteiger partial charge is 0.388 e. The van der Waals surface area contributed by atoms with E-state index in [0.717, 1.165) is 23.4 Å². The van der Waals surface area contributed by atoms with Crippen LogP contribution in [0.4, 0.5) is 0 Å². The molecular formula is C10H11ClO. The normalized spacial score (nSPS) is 21.1. The summed E-state index contributed by atoms with van der Waals surface area (Å²) in [7, 11) is 0. The third-order valence-corrected chi connectivity index (χ3v) is 2.72. The molecule has 2 heteroatoms. The maximum absolute atomic E-state index is 9.57. The molecule has 1 unspecified atom stereocenters. The van der Waals surface area contributed by atoms with Gasteiger partial charge in [0.15, 0.2) is 0 Å². The molecule has 64 valence electrons. The molecule has 0 aromatic heterocycles. The fraction of sp³-hybridized carbons (Fsp3) is 0.400. The molecule has 1 N–H and O–H groups in total. The summed E-state index contributed by atoms with van der Waals surface area (Å²) < 4.78 is 0. The van der Waals surface area contributed by atoms with Crippen molar-refractivity contribution in [1.29, 1.82) is 0 Å². The molecule has 1 atom stereocenters. The second kappa shape index (κ2) is 2.75. The lowest BCUT2D eigenvalue weighted by molar-refractivity contribution is 0.180. The van der Waals surface area contributed by atoms with Gasteiger partial charge in [0, 0.05) is 5.02 Å². The number of aliphatic hydroxyl groups is 1. The Labute approximate surface area is 77.0 Å². The van der Waals surface area contributed by atoms with Gasteiger partial charge in [0.1, 0.15) is 0 Å². The molecule has 0 saturated carbocycles. The number of halogens is 1. The average molecular weight is 183 g/mol. The van der Waals surface area contributed by atoms with Gasteiger partial charge in [-0.15, -0.1) is 0 Å². The van der Waals surface area contributed by atoms with E-state index in [2.05, 4.69) is 0 Å². The highest BCUT2D eigenvalue weighted by Gasteiger charge is 2.21. The average Bonchev–Trinajstić information content (AvgIpc) is 2.33. The van der Waals surface area contributed by atoms with Gasteiger partial charge in [-0.25, -0.2) is 0 Å². The smallest absolute Gasteiger partial charge is 0.0796 e. The van der Waals surface area contributed by atoms with Crippen LogP contribution in [-0.4, -0.2) is 5.11 Å². The number of aryl methyl sites for hydroxylation is 1. The van der Waals surface area contributed by atoms with Crippen LogP contribution in [0.15, 0.2) is 12.1 Å². The van der Waals surface area contributed by atoms with Gasteiger partial charge < -0.3 is 5.11 Å².